The van der Waals surface area contributed by atoms with Gasteiger partial charge in [0.25, 0.3) is 0 Å². The minimum atomic E-state index is 0.183. The first-order valence-corrected chi connectivity index (χ1v) is 6.16. The maximum Gasteiger partial charge on any atom is 0.101 e. The van der Waals surface area contributed by atoms with Crippen LogP contribution in [0.4, 0.5) is 5.69 Å². The van der Waals surface area contributed by atoms with E-state index < -0.39 is 0 Å². The lowest BCUT2D eigenvalue weighted by Gasteiger charge is -2.21. The Balaban J connectivity index is 2.11. The minimum Gasteiger partial charge on any atom is -0.379 e. The van der Waals surface area contributed by atoms with E-state index in [0.29, 0.717) is 10.6 Å². The topological polar surface area (TPSA) is 45.0 Å². The smallest absolute Gasteiger partial charge is 0.101 e. The standard InChI is InChI=1S/C13H15ClN2O/c1-9(13-3-2-6-17-13)16-12-7-11(14)5-4-10(12)8-15/h4-5,7,9,13,16H,2-3,6H2,1H3. The maximum absolute atomic E-state index is 9.02. The Morgan fingerprint density at radius 2 is 2.41 bits per heavy atom. The summed E-state index contributed by atoms with van der Waals surface area (Å²) in [4.78, 5) is 0. The number of nitrogens with one attached hydrogen (secondary N) is 1. The molecule has 0 spiro atoms. The van der Waals surface area contributed by atoms with Gasteiger partial charge in [-0.2, -0.15) is 5.26 Å². The van der Waals surface area contributed by atoms with Gasteiger partial charge < -0.3 is 10.1 Å². The van der Waals surface area contributed by atoms with E-state index in [1.165, 1.54) is 0 Å². The van der Waals surface area contributed by atoms with Crippen LogP contribution in [0.25, 0.3) is 0 Å². The highest BCUT2D eigenvalue weighted by molar-refractivity contribution is 6.30. The molecule has 2 rings (SSSR count). The molecule has 1 N–H and O–H groups in total. The minimum absolute atomic E-state index is 0.183. The van der Waals surface area contributed by atoms with Crippen LogP contribution in [0.15, 0.2) is 18.2 Å². The average Bonchev–Trinajstić information content (AvgIpc) is 2.83. The Bertz CT molecular complexity index is 436. The predicted octanol–water partition coefficient (Wildman–Crippen LogP) is 3.19. The van der Waals surface area contributed by atoms with Crippen LogP contribution >= 0.6 is 11.6 Å². The van der Waals surface area contributed by atoms with Gasteiger partial charge in [-0.15, -0.1) is 0 Å². The molecule has 1 saturated heterocycles. The fourth-order valence-corrected chi connectivity index (χ4v) is 2.24. The maximum atomic E-state index is 9.02. The van der Waals surface area contributed by atoms with Gasteiger partial charge in [0, 0.05) is 17.7 Å². The predicted molar refractivity (Wildman–Crippen MR) is 68.2 cm³/mol. The number of benzene rings is 1. The first-order chi connectivity index (χ1) is 8.20. The highest BCUT2D eigenvalue weighted by Gasteiger charge is 2.22. The lowest BCUT2D eigenvalue weighted by atomic mass is 10.1. The van der Waals surface area contributed by atoms with Crippen molar-refractivity contribution in [3.8, 4) is 6.07 Å². The number of ether oxygens (including phenoxy) is 1. The molecule has 1 fully saturated rings. The molecule has 2 atom stereocenters. The summed E-state index contributed by atoms with van der Waals surface area (Å²) in [6.07, 6.45) is 2.40. The Labute approximate surface area is 106 Å². The van der Waals surface area contributed by atoms with Crippen molar-refractivity contribution in [1.29, 1.82) is 5.26 Å². The van der Waals surface area contributed by atoms with Crippen molar-refractivity contribution >= 4 is 17.3 Å². The highest BCUT2D eigenvalue weighted by Crippen LogP contribution is 2.24. The van der Waals surface area contributed by atoms with Crippen LogP contribution in [0.2, 0.25) is 5.02 Å². The molecular weight excluding hydrogens is 236 g/mol. The molecule has 1 aromatic carbocycles. The number of anilines is 1. The summed E-state index contributed by atoms with van der Waals surface area (Å²) >= 11 is 5.94. The second-order valence-corrected chi connectivity index (χ2v) is 4.72. The van der Waals surface area contributed by atoms with E-state index >= 15 is 0 Å². The first kappa shape index (κ1) is 12.2. The van der Waals surface area contributed by atoms with Crippen molar-refractivity contribution in [2.24, 2.45) is 0 Å². The monoisotopic (exact) mass is 250 g/mol. The Kier molecular flexibility index (Phi) is 3.88. The number of nitriles is 1. The fraction of sp³-hybridized carbons (Fsp3) is 0.462. The van der Waals surface area contributed by atoms with Crippen molar-refractivity contribution in [1.82, 2.24) is 0 Å². The van der Waals surface area contributed by atoms with Crippen molar-refractivity contribution in [3.05, 3.63) is 28.8 Å². The van der Waals surface area contributed by atoms with E-state index in [-0.39, 0.29) is 12.1 Å². The number of nitrogens with zero attached hydrogens (tertiary/aromatic N) is 1. The van der Waals surface area contributed by atoms with Gasteiger partial charge >= 0.3 is 0 Å². The lowest BCUT2D eigenvalue weighted by molar-refractivity contribution is 0.0996. The van der Waals surface area contributed by atoms with Gasteiger partial charge in [0.15, 0.2) is 0 Å². The van der Waals surface area contributed by atoms with Crippen molar-refractivity contribution in [3.63, 3.8) is 0 Å². The van der Waals surface area contributed by atoms with Crippen LogP contribution in [0.1, 0.15) is 25.3 Å². The molecule has 3 nitrogen and oxygen atoms in total. The number of halogens is 1. The van der Waals surface area contributed by atoms with Crippen LogP contribution in [0.5, 0.6) is 0 Å². The van der Waals surface area contributed by atoms with E-state index in [2.05, 4.69) is 18.3 Å². The average molecular weight is 251 g/mol. The van der Waals surface area contributed by atoms with Gasteiger partial charge in [-0.25, -0.2) is 0 Å². The molecule has 0 bridgehead atoms. The van der Waals surface area contributed by atoms with Gasteiger partial charge in [-0.05, 0) is 38.0 Å². The second-order valence-electron chi connectivity index (χ2n) is 4.29. The first-order valence-electron chi connectivity index (χ1n) is 5.78. The zero-order valence-corrected chi connectivity index (χ0v) is 10.5. The van der Waals surface area contributed by atoms with Gasteiger partial charge in [-0.1, -0.05) is 11.6 Å². The largest absolute Gasteiger partial charge is 0.379 e. The van der Waals surface area contributed by atoms with Crippen LogP contribution in [-0.4, -0.2) is 18.8 Å². The summed E-state index contributed by atoms with van der Waals surface area (Å²) in [5, 5.41) is 13.0. The lowest BCUT2D eigenvalue weighted by Crippen LogP contribution is -2.30. The molecule has 0 radical (unpaired) electrons. The Hall–Kier alpha value is -1.24. The quantitative estimate of drug-likeness (QED) is 0.896. The molecule has 1 aliphatic heterocycles. The number of rotatable bonds is 3. The molecule has 0 saturated carbocycles. The summed E-state index contributed by atoms with van der Waals surface area (Å²) in [7, 11) is 0. The zero-order valence-electron chi connectivity index (χ0n) is 9.74. The Morgan fingerprint density at radius 3 is 3.06 bits per heavy atom. The number of hydrogen-bond donors (Lipinski definition) is 1. The summed E-state index contributed by atoms with van der Waals surface area (Å²) in [6, 6.07) is 7.58. The second kappa shape index (κ2) is 5.39. The van der Waals surface area contributed by atoms with Crippen molar-refractivity contribution in [2.45, 2.75) is 31.9 Å². The van der Waals surface area contributed by atoms with Crippen molar-refractivity contribution < 1.29 is 4.74 Å². The van der Waals surface area contributed by atoms with E-state index in [0.717, 1.165) is 25.1 Å². The van der Waals surface area contributed by atoms with Crippen LogP contribution in [-0.2, 0) is 4.74 Å². The molecule has 90 valence electrons. The molecule has 1 aliphatic rings. The normalized spacial score (nSPS) is 20.9. The molecule has 0 aromatic heterocycles. The van der Waals surface area contributed by atoms with E-state index in [4.69, 9.17) is 21.6 Å². The van der Waals surface area contributed by atoms with Gasteiger partial charge in [-0.3, -0.25) is 0 Å². The molecule has 2 unspecified atom stereocenters. The Morgan fingerprint density at radius 1 is 1.59 bits per heavy atom. The summed E-state index contributed by atoms with van der Waals surface area (Å²) in [5.41, 5.74) is 1.39. The molecular formula is C13H15ClN2O. The molecule has 1 aromatic rings. The number of hydrogen-bond acceptors (Lipinski definition) is 3. The van der Waals surface area contributed by atoms with Gasteiger partial charge in [0.1, 0.15) is 6.07 Å². The van der Waals surface area contributed by atoms with E-state index in [1.807, 2.05) is 0 Å². The third kappa shape index (κ3) is 2.91. The van der Waals surface area contributed by atoms with Gasteiger partial charge in [0.05, 0.1) is 17.4 Å². The van der Waals surface area contributed by atoms with Crippen LogP contribution in [0, 0.1) is 11.3 Å². The highest BCUT2D eigenvalue weighted by atomic mass is 35.5. The van der Waals surface area contributed by atoms with Crippen LogP contribution < -0.4 is 5.32 Å². The van der Waals surface area contributed by atoms with Crippen molar-refractivity contribution in [2.75, 3.05) is 11.9 Å². The molecule has 17 heavy (non-hydrogen) atoms. The van der Waals surface area contributed by atoms with E-state index in [1.54, 1.807) is 18.2 Å². The third-order valence-corrected chi connectivity index (χ3v) is 3.24. The zero-order chi connectivity index (χ0) is 12.3. The SMILES string of the molecule is CC(Nc1cc(Cl)ccc1C#N)C1CCCO1. The molecule has 1 heterocycles. The van der Waals surface area contributed by atoms with E-state index in [9.17, 15) is 0 Å². The molecule has 4 heteroatoms. The third-order valence-electron chi connectivity index (χ3n) is 3.01. The summed E-state index contributed by atoms with van der Waals surface area (Å²) < 4.78 is 5.61. The molecule has 0 aliphatic carbocycles. The fourth-order valence-electron chi connectivity index (χ4n) is 2.07. The summed E-state index contributed by atoms with van der Waals surface area (Å²) in [6.45, 7) is 2.90. The summed E-state index contributed by atoms with van der Waals surface area (Å²) in [5.74, 6) is 0. The molecule has 0 amide bonds. The van der Waals surface area contributed by atoms with Gasteiger partial charge in [0.2, 0.25) is 0 Å². The van der Waals surface area contributed by atoms with Crippen LogP contribution in [0.3, 0.4) is 0 Å².